The fourth-order valence-electron chi connectivity index (χ4n) is 1.78. The lowest BCUT2D eigenvalue weighted by atomic mass is 10.0. The van der Waals surface area contributed by atoms with Gasteiger partial charge in [-0.2, -0.15) is 0 Å². The zero-order valence-corrected chi connectivity index (χ0v) is 13.7. The lowest BCUT2D eigenvalue weighted by Crippen LogP contribution is -2.29. The van der Waals surface area contributed by atoms with Crippen LogP contribution in [0.3, 0.4) is 0 Å². The van der Waals surface area contributed by atoms with Crippen LogP contribution in [0, 0.1) is 0 Å². The van der Waals surface area contributed by atoms with E-state index in [9.17, 15) is 9.59 Å². The number of oxime groups is 1. The molecule has 1 aromatic rings. The number of nitrogens with zero attached hydrogens (tertiary/aromatic N) is 3. The number of hydrogen-bond acceptors (Lipinski definition) is 5. The summed E-state index contributed by atoms with van der Waals surface area (Å²) in [4.78, 5) is 35.1. The SMILES string of the molecule is CN=C(C(=O)NC)c1ccccc1CO/N=C(/C)C(C)=NC=O. The second-order valence-corrected chi connectivity index (χ2v) is 4.58. The van der Waals surface area contributed by atoms with Gasteiger partial charge in [-0.05, 0) is 13.8 Å². The van der Waals surface area contributed by atoms with Crippen LogP contribution in [0.5, 0.6) is 0 Å². The average Bonchev–Trinajstić information content (AvgIpc) is 2.56. The lowest BCUT2D eigenvalue weighted by molar-refractivity contribution is -0.114. The molecule has 0 atom stereocenters. The smallest absolute Gasteiger partial charge is 0.269 e. The van der Waals surface area contributed by atoms with E-state index >= 15 is 0 Å². The Morgan fingerprint density at radius 2 is 1.96 bits per heavy atom. The van der Waals surface area contributed by atoms with Crippen molar-refractivity contribution < 1.29 is 14.4 Å². The first kappa shape index (κ1) is 18.2. The van der Waals surface area contributed by atoms with E-state index in [-0.39, 0.29) is 12.5 Å². The van der Waals surface area contributed by atoms with Crippen molar-refractivity contribution in [1.29, 1.82) is 0 Å². The molecule has 0 aliphatic carbocycles. The highest BCUT2D eigenvalue weighted by molar-refractivity contribution is 6.45. The zero-order valence-electron chi connectivity index (χ0n) is 13.7. The lowest BCUT2D eigenvalue weighted by Gasteiger charge is -2.10. The Labute approximate surface area is 135 Å². The molecular weight excluding hydrogens is 296 g/mol. The standard InChI is InChI=1S/C16H20N4O3/c1-11(19-10-21)12(2)20-23-9-13-7-5-6-8-14(13)15(17-3)16(22)18-4/h5-8,10H,9H2,1-4H3,(H,18,22)/b17-15?,19-11?,20-12-. The average molecular weight is 316 g/mol. The highest BCUT2D eigenvalue weighted by atomic mass is 16.6. The van der Waals surface area contributed by atoms with Gasteiger partial charge in [0.15, 0.2) is 0 Å². The number of carbonyl (C=O) groups is 2. The maximum atomic E-state index is 11.9. The van der Waals surface area contributed by atoms with Crippen LogP contribution in [-0.2, 0) is 21.0 Å². The molecule has 0 unspecified atom stereocenters. The molecular formula is C16H20N4O3. The van der Waals surface area contributed by atoms with Crippen LogP contribution in [0.4, 0.5) is 0 Å². The Morgan fingerprint density at radius 3 is 2.57 bits per heavy atom. The fraction of sp³-hybridized carbons (Fsp3) is 0.312. The molecule has 1 rings (SSSR count). The molecule has 0 heterocycles. The molecule has 0 aliphatic rings. The van der Waals surface area contributed by atoms with Gasteiger partial charge in [-0.15, -0.1) is 0 Å². The van der Waals surface area contributed by atoms with E-state index in [0.29, 0.717) is 29.1 Å². The summed E-state index contributed by atoms with van der Waals surface area (Å²) in [5.74, 6) is -0.270. The minimum absolute atomic E-state index is 0.165. The van der Waals surface area contributed by atoms with Crippen LogP contribution in [-0.4, -0.2) is 43.5 Å². The molecule has 23 heavy (non-hydrogen) atoms. The molecule has 2 amide bonds. The van der Waals surface area contributed by atoms with Crippen molar-refractivity contribution in [2.75, 3.05) is 14.1 Å². The summed E-state index contributed by atoms with van der Waals surface area (Å²) in [5.41, 5.74) is 2.77. The molecule has 122 valence electrons. The molecule has 0 radical (unpaired) electrons. The maximum absolute atomic E-state index is 11.9. The van der Waals surface area contributed by atoms with Gasteiger partial charge in [-0.1, -0.05) is 29.4 Å². The maximum Gasteiger partial charge on any atom is 0.269 e. The largest absolute Gasteiger partial charge is 0.391 e. The minimum atomic E-state index is -0.270. The van der Waals surface area contributed by atoms with Gasteiger partial charge in [0.05, 0.1) is 11.4 Å². The quantitative estimate of drug-likeness (QED) is 0.467. The number of likely N-dealkylation sites (N-methyl/N-ethyl adjacent to an activating group) is 1. The predicted octanol–water partition coefficient (Wildman–Crippen LogP) is 1.36. The van der Waals surface area contributed by atoms with Gasteiger partial charge in [0, 0.05) is 25.2 Å². The first-order chi connectivity index (χ1) is 11.0. The van der Waals surface area contributed by atoms with Crippen molar-refractivity contribution in [3.63, 3.8) is 0 Å². The summed E-state index contributed by atoms with van der Waals surface area (Å²) in [7, 11) is 3.11. The van der Waals surface area contributed by atoms with Crippen LogP contribution >= 0.6 is 0 Å². The first-order valence-corrected chi connectivity index (χ1v) is 6.97. The Hall–Kier alpha value is -2.83. The van der Waals surface area contributed by atoms with Gasteiger partial charge in [0.25, 0.3) is 5.91 Å². The van der Waals surface area contributed by atoms with Gasteiger partial charge in [0.2, 0.25) is 6.41 Å². The second-order valence-electron chi connectivity index (χ2n) is 4.58. The highest BCUT2D eigenvalue weighted by Crippen LogP contribution is 2.12. The fourth-order valence-corrected chi connectivity index (χ4v) is 1.78. The molecule has 0 saturated heterocycles. The number of hydrogen-bond donors (Lipinski definition) is 1. The van der Waals surface area contributed by atoms with E-state index in [1.807, 2.05) is 18.2 Å². The van der Waals surface area contributed by atoms with E-state index in [1.54, 1.807) is 34.0 Å². The number of aliphatic imine (C=N–C) groups is 2. The van der Waals surface area contributed by atoms with Crippen molar-refractivity contribution in [1.82, 2.24) is 5.32 Å². The predicted molar refractivity (Wildman–Crippen MR) is 90.0 cm³/mol. The molecule has 1 aromatic carbocycles. The summed E-state index contributed by atoms with van der Waals surface area (Å²) in [6.45, 7) is 3.52. The number of benzene rings is 1. The molecule has 1 N–H and O–H groups in total. The third kappa shape index (κ3) is 5.14. The third-order valence-electron chi connectivity index (χ3n) is 3.13. The second kappa shape index (κ2) is 9.24. The Bertz CT molecular complexity index is 663. The summed E-state index contributed by atoms with van der Waals surface area (Å²) in [6, 6.07) is 7.30. The van der Waals surface area contributed by atoms with Gasteiger partial charge in [-0.3, -0.25) is 14.6 Å². The van der Waals surface area contributed by atoms with Gasteiger partial charge < -0.3 is 10.2 Å². The van der Waals surface area contributed by atoms with E-state index in [2.05, 4.69) is 20.5 Å². The number of rotatable bonds is 7. The molecule has 0 aliphatic heterocycles. The molecule has 7 nitrogen and oxygen atoms in total. The van der Waals surface area contributed by atoms with Gasteiger partial charge >= 0.3 is 0 Å². The summed E-state index contributed by atoms with van der Waals surface area (Å²) >= 11 is 0. The molecule has 0 bridgehead atoms. The Balaban J connectivity index is 2.95. The van der Waals surface area contributed by atoms with Crippen molar-refractivity contribution in [3.05, 3.63) is 35.4 Å². The van der Waals surface area contributed by atoms with Crippen molar-refractivity contribution >= 4 is 29.5 Å². The van der Waals surface area contributed by atoms with E-state index in [0.717, 1.165) is 5.56 Å². The van der Waals surface area contributed by atoms with Crippen LogP contribution < -0.4 is 5.32 Å². The van der Waals surface area contributed by atoms with E-state index in [4.69, 9.17) is 4.84 Å². The van der Waals surface area contributed by atoms with Crippen LogP contribution in [0.1, 0.15) is 25.0 Å². The van der Waals surface area contributed by atoms with Crippen molar-refractivity contribution in [2.24, 2.45) is 15.1 Å². The minimum Gasteiger partial charge on any atom is -0.391 e. The molecule has 0 aromatic heterocycles. The Kier molecular flexibility index (Phi) is 7.32. The number of carbonyl (C=O) groups excluding carboxylic acids is 2. The Morgan fingerprint density at radius 1 is 1.26 bits per heavy atom. The molecule has 0 saturated carbocycles. The van der Waals surface area contributed by atoms with Gasteiger partial charge in [-0.25, -0.2) is 4.99 Å². The zero-order chi connectivity index (χ0) is 17.2. The number of amides is 2. The summed E-state index contributed by atoms with van der Waals surface area (Å²) < 4.78 is 0. The summed E-state index contributed by atoms with van der Waals surface area (Å²) in [6.07, 6.45) is 0.455. The monoisotopic (exact) mass is 316 g/mol. The van der Waals surface area contributed by atoms with Crippen LogP contribution in [0.2, 0.25) is 0 Å². The van der Waals surface area contributed by atoms with Crippen LogP contribution in [0.15, 0.2) is 39.4 Å². The highest BCUT2D eigenvalue weighted by Gasteiger charge is 2.15. The third-order valence-corrected chi connectivity index (χ3v) is 3.13. The van der Waals surface area contributed by atoms with Gasteiger partial charge in [0.1, 0.15) is 12.3 Å². The molecule has 0 fully saturated rings. The topological polar surface area (TPSA) is 92.5 Å². The molecule has 0 spiro atoms. The number of nitrogens with one attached hydrogen (secondary N) is 1. The van der Waals surface area contributed by atoms with E-state index < -0.39 is 0 Å². The first-order valence-electron chi connectivity index (χ1n) is 6.97. The van der Waals surface area contributed by atoms with Crippen LogP contribution in [0.25, 0.3) is 0 Å². The van der Waals surface area contributed by atoms with Crippen molar-refractivity contribution in [2.45, 2.75) is 20.5 Å². The molecule has 7 heteroatoms. The van der Waals surface area contributed by atoms with Crippen molar-refractivity contribution in [3.8, 4) is 0 Å². The summed E-state index contributed by atoms with van der Waals surface area (Å²) in [5, 5.41) is 6.47. The normalized spacial score (nSPS) is 12.8. The van der Waals surface area contributed by atoms with E-state index in [1.165, 1.54) is 0 Å².